The summed E-state index contributed by atoms with van der Waals surface area (Å²) in [6, 6.07) is 0. The van der Waals surface area contributed by atoms with Crippen LogP contribution in [-0.4, -0.2) is 72.0 Å². The van der Waals surface area contributed by atoms with Gasteiger partial charge < -0.3 is 39.4 Å². The van der Waals surface area contributed by atoms with E-state index in [4.69, 9.17) is 29.6 Å². The summed E-state index contributed by atoms with van der Waals surface area (Å²) in [6.07, 6.45) is -4.56. The van der Waals surface area contributed by atoms with Gasteiger partial charge in [0.2, 0.25) is 0 Å². The number of ether oxygens (including phenoxy) is 1. The molecule has 26 heavy (non-hydrogen) atoms. The van der Waals surface area contributed by atoms with E-state index in [0.29, 0.717) is 0 Å². The second-order valence-electron chi connectivity index (χ2n) is 3.97. The van der Waals surface area contributed by atoms with Crippen LogP contribution in [0, 0.1) is 0 Å². The number of carbonyl (C=O) groups is 2. The zero-order valence-electron chi connectivity index (χ0n) is 12.1. The first-order valence-corrected chi connectivity index (χ1v) is 10.3. The van der Waals surface area contributed by atoms with Gasteiger partial charge in [-0.2, -0.15) is 4.31 Å². The van der Waals surface area contributed by atoms with Crippen LogP contribution in [0.15, 0.2) is 0 Å². The van der Waals surface area contributed by atoms with Gasteiger partial charge in [-0.05, 0) is 0 Å². The molecule has 0 aliphatic rings. The molecular formula is C6H13O17P3. The van der Waals surface area contributed by atoms with Crippen molar-refractivity contribution in [3.05, 3.63) is 0 Å². The van der Waals surface area contributed by atoms with Gasteiger partial charge in [0, 0.05) is 0 Å². The average molecular weight is 450 g/mol. The van der Waals surface area contributed by atoms with Gasteiger partial charge in [0.05, 0.1) is 6.61 Å². The van der Waals surface area contributed by atoms with E-state index in [1.165, 1.54) is 0 Å². The fourth-order valence-corrected chi connectivity index (χ4v) is 2.54. The van der Waals surface area contributed by atoms with E-state index in [2.05, 4.69) is 23.1 Å². The van der Waals surface area contributed by atoms with Gasteiger partial charge in [0.1, 0.15) is 6.61 Å². The minimum Gasteiger partial charge on any atom is -0.460 e. The summed E-state index contributed by atoms with van der Waals surface area (Å²) in [6.45, 7) is -2.40. The number of rotatable bonds is 11. The van der Waals surface area contributed by atoms with Crippen LogP contribution in [0.1, 0.15) is 0 Å². The molecule has 0 bridgehead atoms. The number of carbonyl (C=O) groups excluding carboxylic acids is 2. The minimum atomic E-state index is -5.54. The normalized spacial score (nSPS) is 17.0. The van der Waals surface area contributed by atoms with Crippen LogP contribution in [0.3, 0.4) is 0 Å². The Labute approximate surface area is 143 Å². The molecule has 0 heterocycles. The molecule has 0 amide bonds. The van der Waals surface area contributed by atoms with E-state index >= 15 is 0 Å². The number of phosphoric acid groups is 3. The Hall–Kier alpha value is -0.770. The quantitative estimate of drug-likeness (QED) is 0.0717. The molecule has 3 unspecified atom stereocenters. The maximum Gasteiger partial charge on any atom is 0.517 e. The Kier molecular flexibility index (Phi) is 9.67. The lowest BCUT2D eigenvalue weighted by molar-refractivity contribution is -0.232. The number of aliphatic hydroxyl groups excluding tert-OH is 2. The molecule has 0 aromatic carbocycles. The summed E-state index contributed by atoms with van der Waals surface area (Å²) in [7, 11) is -16.0. The van der Waals surface area contributed by atoms with Crippen molar-refractivity contribution >= 4 is 35.4 Å². The second-order valence-corrected chi connectivity index (χ2v) is 7.93. The van der Waals surface area contributed by atoms with Crippen molar-refractivity contribution in [2.24, 2.45) is 0 Å². The van der Waals surface area contributed by atoms with E-state index in [1.54, 1.807) is 0 Å². The van der Waals surface area contributed by atoms with Crippen molar-refractivity contribution in [1.82, 2.24) is 0 Å². The molecule has 154 valence electrons. The number of hydrogen-bond acceptors (Lipinski definition) is 12. The SMILES string of the molecule is O=C(OCC(O)C(=O)OOP(=O)(O)OP(=O)(O)O)C(O)COP(=O)(O)O. The summed E-state index contributed by atoms with van der Waals surface area (Å²) in [5, 5.41) is 18.3. The third kappa shape index (κ3) is 12.6. The molecule has 0 radical (unpaired) electrons. The van der Waals surface area contributed by atoms with E-state index < -0.39 is 60.8 Å². The predicted molar refractivity (Wildman–Crippen MR) is 71.1 cm³/mol. The molecule has 20 heteroatoms. The molecule has 3 atom stereocenters. The van der Waals surface area contributed by atoms with E-state index in [1.807, 2.05) is 0 Å². The Balaban J connectivity index is 4.34. The summed E-state index contributed by atoms with van der Waals surface area (Å²) in [4.78, 5) is 67.8. The Morgan fingerprint density at radius 1 is 0.808 bits per heavy atom. The van der Waals surface area contributed by atoms with Crippen LogP contribution >= 0.6 is 23.5 Å². The van der Waals surface area contributed by atoms with Crippen molar-refractivity contribution in [3.63, 3.8) is 0 Å². The van der Waals surface area contributed by atoms with Gasteiger partial charge in [-0.1, -0.05) is 4.67 Å². The zero-order chi connectivity index (χ0) is 20.8. The molecule has 0 saturated carbocycles. The lowest BCUT2D eigenvalue weighted by Crippen LogP contribution is -2.34. The lowest BCUT2D eigenvalue weighted by Gasteiger charge is -2.14. The highest BCUT2D eigenvalue weighted by Crippen LogP contribution is 2.57. The Bertz CT molecular complexity index is 630. The highest BCUT2D eigenvalue weighted by molar-refractivity contribution is 7.60. The maximum absolute atomic E-state index is 11.2. The molecule has 0 fully saturated rings. The average Bonchev–Trinajstić information content (AvgIpc) is 2.44. The molecular weight excluding hydrogens is 437 g/mol. The van der Waals surface area contributed by atoms with Crippen LogP contribution < -0.4 is 0 Å². The van der Waals surface area contributed by atoms with Crippen LogP contribution in [0.2, 0.25) is 0 Å². The Morgan fingerprint density at radius 2 is 1.31 bits per heavy atom. The molecule has 17 nitrogen and oxygen atoms in total. The molecule has 0 aromatic heterocycles. The number of phosphoric ester groups is 1. The maximum atomic E-state index is 11.2. The van der Waals surface area contributed by atoms with Crippen molar-refractivity contribution in [3.8, 4) is 0 Å². The number of esters is 1. The van der Waals surface area contributed by atoms with Crippen LogP contribution in [0.4, 0.5) is 0 Å². The first-order chi connectivity index (χ1) is 11.5. The summed E-state index contributed by atoms with van der Waals surface area (Å²) in [5.41, 5.74) is 0. The lowest BCUT2D eigenvalue weighted by atomic mass is 10.3. The first-order valence-electron chi connectivity index (χ1n) is 5.75. The smallest absolute Gasteiger partial charge is 0.460 e. The molecule has 7 N–H and O–H groups in total. The predicted octanol–water partition coefficient (Wildman–Crippen LogP) is -2.95. The van der Waals surface area contributed by atoms with E-state index in [9.17, 15) is 28.4 Å². The van der Waals surface area contributed by atoms with E-state index in [0.717, 1.165) is 0 Å². The zero-order valence-corrected chi connectivity index (χ0v) is 14.8. The van der Waals surface area contributed by atoms with Gasteiger partial charge in [-0.15, -0.1) is 0 Å². The molecule has 0 rings (SSSR count). The molecule has 0 aliphatic heterocycles. The first kappa shape index (κ1) is 25.2. The van der Waals surface area contributed by atoms with Crippen molar-refractivity contribution < 1.29 is 81.1 Å². The van der Waals surface area contributed by atoms with Gasteiger partial charge in [-0.3, -0.25) is 9.41 Å². The molecule has 0 aromatic rings. The summed E-state index contributed by atoms with van der Waals surface area (Å²) >= 11 is 0. The second kappa shape index (κ2) is 9.96. The van der Waals surface area contributed by atoms with Gasteiger partial charge in [0.25, 0.3) is 0 Å². The van der Waals surface area contributed by atoms with Crippen LogP contribution in [0.5, 0.6) is 0 Å². The minimum absolute atomic E-state index is 1.18. The van der Waals surface area contributed by atoms with Crippen molar-refractivity contribution in [2.75, 3.05) is 13.2 Å². The molecule has 0 spiro atoms. The van der Waals surface area contributed by atoms with Crippen molar-refractivity contribution in [2.45, 2.75) is 12.2 Å². The summed E-state index contributed by atoms with van der Waals surface area (Å²) < 4.78 is 46.2. The fourth-order valence-electron chi connectivity index (χ4n) is 0.848. The van der Waals surface area contributed by atoms with Gasteiger partial charge >= 0.3 is 35.4 Å². The Morgan fingerprint density at radius 3 is 1.77 bits per heavy atom. The van der Waals surface area contributed by atoms with E-state index in [-0.39, 0.29) is 0 Å². The standard InChI is InChI=1S/C6H13O17P3/c7-3(1-19-5(9)4(8)2-20-24(11,12)13)6(10)21-22-26(17,18)23-25(14,15)16/h3-4,7-8H,1-2H2,(H,17,18)(H2,11,12,13)(H2,14,15,16). The van der Waals surface area contributed by atoms with Crippen LogP contribution in [-0.2, 0) is 46.4 Å². The van der Waals surface area contributed by atoms with Crippen molar-refractivity contribution in [1.29, 1.82) is 0 Å². The van der Waals surface area contributed by atoms with Crippen LogP contribution in [0.25, 0.3) is 0 Å². The molecule has 0 saturated heterocycles. The van der Waals surface area contributed by atoms with Gasteiger partial charge in [0.15, 0.2) is 12.2 Å². The number of hydrogen-bond donors (Lipinski definition) is 7. The third-order valence-corrected chi connectivity index (χ3v) is 4.18. The topological polar surface area (TPSA) is 273 Å². The summed E-state index contributed by atoms with van der Waals surface area (Å²) in [5.74, 6) is -3.45. The highest BCUT2D eigenvalue weighted by Gasteiger charge is 2.36. The number of aliphatic hydroxyl groups is 2. The van der Waals surface area contributed by atoms with Gasteiger partial charge in [-0.25, -0.2) is 23.3 Å². The fraction of sp³-hybridized carbons (Fsp3) is 0.667. The third-order valence-electron chi connectivity index (χ3n) is 1.75. The largest absolute Gasteiger partial charge is 0.517 e. The highest BCUT2D eigenvalue weighted by atomic mass is 31.3. The molecule has 0 aliphatic carbocycles. The monoisotopic (exact) mass is 450 g/mol.